The monoisotopic (exact) mass is 359 g/mol. The molecule has 26 heavy (non-hydrogen) atoms. The molecule has 0 spiro atoms. The molecule has 2 rings (SSSR count). The lowest BCUT2D eigenvalue weighted by atomic mass is 10.1. The number of rotatable bonds is 10. The highest BCUT2D eigenvalue weighted by Crippen LogP contribution is 2.21. The molecule has 1 fully saturated rings. The standard InChI is InChI=1S/C21H29NO4/c1-2-3-6-19(23)7-4-5-18-12-13-20(24)22(18)15-14-16-8-10-17(11-9-16)21(25)26/h4-5,8-11,18-19,23H,2-3,6-7,12-15H2,1H3,(H,25,26)/t18-,19?/m0/s1. The van der Waals surface area contributed by atoms with Gasteiger partial charge in [-0.3, -0.25) is 4.79 Å². The second kappa shape index (κ2) is 10.1. The molecular formula is C21H29NO4. The number of hydrogen-bond donors (Lipinski definition) is 2. The van der Waals surface area contributed by atoms with Gasteiger partial charge in [-0.15, -0.1) is 0 Å². The van der Waals surface area contributed by atoms with Gasteiger partial charge in [-0.05, 0) is 43.4 Å². The quantitative estimate of drug-likeness (QED) is 0.628. The number of aliphatic hydroxyl groups excluding tert-OH is 1. The van der Waals surface area contributed by atoms with E-state index >= 15 is 0 Å². The van der Waals surface area contributed by atoms with Crippen LogP contribution < -0.4 is 0 Å². The van der Waals surface area contributed by atoms with Crippen molar-refractivity contribution in [2.75, 3.05) is 6.54 Å². The molecule has 5 heteroatoms. The number of unbranched alkanes of at least 4 members (excludes halogenated alkanes) is 1. The van der Waals surface area contributed by atoms with E-state index < -0.39 is 5.97 Å². The largest absolute Gasteiger partial charge is 0.478 e. The van der Waals surface area contributed by atoms with E-state index in [1.165, 1.54) is 0 Å². The third-order valence-corrected chi connectivity index (χ3v) is 4.87. The molecule has 1 aromatic rings. The van der Waals surface area contributed by atoms with E-state index in [0.717, 1.165) is 31.2 Å². The van der Waals surface area contributed by atoms with Crippen molar-refractivity contribution in [3.8, 4) is 0 Å². The molecule has 1 heterocycles. The van der Waals surface area contributed by atoms with Crippen LogP contribution in [0.2, 0.25) is 0 Å². The lowest BCUT2D eigenvalue weighted by Gasteiger charge is -2.22. The second-order valence-corrected chi connectivity index (χ2v) is 6.91. The van der Waals surface area contributed by atoms with Gasteiger partial charge < -0.3 is 15.1 Å². The second-order valence-electron chi connectivity index (χ2n) is 6.91. The van der Waals surface area contributed by atoms with Crippen molar-refractivity contribution >= 4 is 11.9 Å². The van der Waals surface area contributed by atoms with Crippen LogP contribution in [0.3, 0.4) is 0 Å². The summed E-state index contributed by atoms with van der Waals surface area (Å²) >= 11 is 0. The number of carbonyl (C=O) groups is 2. The molecule has 2 N–H and O–H groups in total. The number of aromatic carboxylic acids is 1. The Kier molecular flexibility index (Phi) is 7.85. The third-order valence-electron chi connectivity index (χ3n) is 4.87. The van der Waals surface area contributed by atoms with Crippen molar-refractivity contribution in [3.05, 3.63) is 47.5 Å². The average molecular weight is 359 g/mol. The molecule has 5 nitrogen and oxygen atoms in total. The molecule has 0 aromatic heterocycles. The highest BCUT2D eigenvalue weighted by atomic mass is 16.4. The zero-order valence-electron chi connectivity index (χ0n) is 15.4. The fourth-order valence-corrected chi connectivity index (χ4v) is 3.26. The predicted molar refractivity (Wildman–Crippen MR) is 101 cm³/mol. The van der Waals surface area contributed by atoms with E-state index in [4.69, 9.17) is 5.11 Å². The summed E-state index contributed by atoms with van der Waals surface area (Å²) in [6, 6.07) is 6.90. The SMILES string of the molecule is CCCCC(O)CC=C[C@H]1CCC(=O)N1CCc1ccc(C(=O)O)cc1. The van der Waals surface area contributed by atoms with Gasteiger partial charge in [-0.25, -0.2) is 4.79 Å². The van der Waals surface area contributed by atoms with Gasteiger partial charge in [0.25, 0.3) is 0 Å². The van der Waals surface area contributed by atoms with Gasteiger partial charge in [-0.1, -0.05) is 44.1 Å². The van der Waals surface area contributed by atoms with Crippen molar-refractivity contribution in [3.63, 3.8) is 0 Å². The van der Waals surface area contributed by atoms with Gasteiger partial charge in [-0.2, -0.15) is 0 Å². The zero-order valence-corrected chi connectivity index (χ0v) is 15.4. The summed E-state index contributed by atoms with van der Waals surface area (Å²) in [5, 5.41) is 18.9. The van der Waals surface area contributed by atoms with E-state index in [2.05, 4.69) is 6.92 Å². The Morgan fingerprint density at radius 1 is 1.35 bits per heavy atom. The Morgan fingerprint density at radius 2 is 2.08 bits per heavy atom. The molecule has 0 aliphatic carbocycles. The minimum atomic E-state index is -0.933. The minimum absolute atomic E-state index is 0.0965. The number of carbonyl (C=O) groups excluding carboxylic acids is 1. The van der Waals surface area contributed by atoms with Crippen LogP contribution in [-0.2, 0) is 11.2 Å². The first-order valence-electron chi connectivity index (χ1n) is 9.47. The van der Waals surface area contributed by atoms with Gasteiger partial charge in [0.05, 0.1) is 17.7 Å². The number of carboxylic acid groups (broad SMARTS) is 1. The first-order valence-corrected chi connectivity index (χ1v) is 9.47. The molecule has 1 aromatic carbocycles. The van der Waals surface area contributed by atoms with E-state index in [0.29, 0.717) is 25.8 Å². The van der Waals surface area contributed by atoms with Crippen LogP contribution >= 0.6 is 0 Å². The van der Waals surface area contributed by atoms with Crippen LogP contribution in [0.15, 0.2) is 36.4 Å². The summed E-state index contributed by atoms with van der Waals surface area (Å²) in [4.78, 5) is 24.9. The average Bonchev–Trinajstić information content (AvgIpc) is 2.98. The topological polar surface area (TPSA) is 77.8 Å². The molecule has 0 bridgehead atoms. The highest BCUT2D eigenvalue weighted by molar-refractivity contribution is 5.87. The summed E-state index contributed by atoms with van der Waals surface area (Å²) in [5.41, 5.74) is 1.29. The Labute approximate surface area is 155 Å². The molecular weight excluding hydrogens is 330 g/mol. The molecule has 2 atom stereocenters. The number of amides is 1. The first kappa shape index (κ1) is 20.2. The summed E-state index contributed by atoms with van der Waals surface area (Å²) in [6.45, 7) is 2.73. The lowest BCUT2D eigenvalue weighted by molar-refractivity contribution is -0.128. The third kappa shape index (κ3) is 5.99. The Bertz CT molecular complexity index is 623. The molecule has 0 saturated carbocycles. The van der Waals surface area contributed by atoms with Crippen molar-refractivity contribution in [1.82, 2.24) is 4.90 Å². The maximum Gasteiger partial charge on any atom is 0.335 e. The maximum absolute atomic E-state index is 12.2. The van der Waals surface area contributed by atoms with Crippen molar-refractivity contribution in [1.29, 1.82) is 0 Å². The Hall–Kier alpha value is -2.14. The van der Waals surface area contributed by atoms with Crippen LogP contribution in [0.5, 0.6) is 0 Å². The van der Waals surface area contributed by atoms with E-state index in [9.17, 15) is 14.7 Å². The summed E-state index contributed by atoms with van der Waals surface area (Å²) in [5.74, 6) is -0.772. The number of likely N-dealkylation sites (tertiary alicyclic amines) is 1. The summed E-state index contributed by atoms with van der Waals surface area (Å²) in [7, 11) is 0. The highest BCUT2D eigenvalue weighted by Gasteiger charge is 2.28. The number of nitrogens with zero attached hydrogens (tertiary/aromatic N) is 1. The molecule has 142 valence electrons. The van der Waals surface area contributed by atoms with Crippen molar-refractivity contribution in [2.45, 2.75) is 64.0 Å². The predicted octanol–water partition coefficient (Wildman–Crippen LogP) is 3.42. The summed E-state index contributed by atoms with van der Waals surface area (Å²) in [6.07, 6.45) is 9.40. The van der Waals surface area contributed by atoms with Crippen LogP contribution in [0.4, 0.5) is 0 Å². The van der Waals surface area contributed by atoms with Crippen LogP contribution in [0, 0.1) is 0 Å². The number of benzene rings is 1. The van der Waals surface area contributed by atoms with Crippen LogP contribution in [-0.4, -0.2) is 45.7 Å². The smallest absolute Gasteiger partial charge is 0.335 e. The lowest BCUT2D eigenvalue weighted by Crippen LogP contribution is -2.33. The maximum atomic E-state index is 12.2. The zero-order chi connectivity index (χ0) is 18.9. The molecule has 0 radical (unpaired) electrons. The molecule has 1 unspecified atom stereocenters. The van der Waals surface area contributed by atoms with E-state index in [1.807, 2.05) is 17.1 Å². The molecule has 1 amide bonds. The molecule has 1 aliphatic heterocycles. The van der Waals surface area contributed by atoms with E-state index in [1.54, 1.807) is 24.3 Å². The fourth-order valence-electron chi connectivity index (χ4n) is 3.26. The van der Waals surface area contributed by atoms with Gasteiger partial charge in [0.2, 0.25) is 5.91 Å². The molecule has 1 saturated heterocycles. The number of hydrogen-bond acceptors (Lipinski definition) is 3. The van der Waals surface area contributed by atoms with Crippen LogP contribution in [0.1, 0.15) is 61.4 Å². The number of carboxylic acids is 1. The minimum Gasteiger partial charge on any atom is -0.478 e. The normalized spacial score (nSPS) is 18.6. The number of aliphatic hydroxyl groups is 1. The first-order chi connectivity index (χ1) is 12.5. The van der Waals surface area contributed by atoms with Crippen molar-refractivity contribution in [2.24, 2.45) is 0 Å². The van der Waals surface area contributed by atoms with Gasteiger partial charge in [0.1, 0.15) is 0 Å². The fraction of sp³-hybridized carbons (Fsp3) is 0.524. The van der Waals surface area contributed by atoms with Crippen LogP contribution in [0.25, 0.3) is 0 Å². The summed E-state index contributed by atoms with van der Waals surface area (Å²) < 4.78 is 0. The van der Waals surface area contributed by atoms with Crippen molar-refractivity contribution < 1.29 is 19.8 Å². The molecule has 1 aliphatic rings. The van der Waals surface area contributed by atoms with Gasteiger partial charge in [0, 0.05) is 13.0 Å². The van der Waals surface area contributed by atoms with Gasteiger partial charge >= 0.3 is 5.97 Å². The van der Waals surface area contributed by atoms with Gasteiger partial charge in [0.15, 0.2) is 0 Å². The Balaban J connectivity index is 1.85. The Morgan fingerprint density at radius 3 is 2.73 bits per heavy atom. The van der Waals surface area contributed by atoms with E-state index in [-0.39, 0.29) is 23.6 Å².